The quantitative estimate of drug-likeness (QED) is 0.801. The van der Waals surface area contributed by atoms with Crippen LogP contribution in [-0.4, -0.2) is 74.4 Å². The number of carbonyl (C=O) groups is 2. The minimum Gasteiger partial charge on any atom is -0.444 e. The van der Waals surface area contributed by atoms with Gasteiger partial charge in [-0.15, -0.1) is 5.10 Å². The van der Waals surface area contributed by atoms with Crippen LogP contribution in [-0.2, 0) is 11.8 Å². The molecule has 2 aromatic rings. The molecule has 168 valence electrons. The molecule has 1 unspecified atom stereocenters. The number of aromatic nitrogens is 4. The molecule has 1 fully saturated rings. The number of likely N-dealkylation sites (tertiary alicyclic amines) is 1. The van der Waals surface area contributed by atoms with Gasteiger partial charge in [0.05, 0.1) is 0 Å². The number of anilines is 1. The van der Waals surface area contributed by atoms with Gasteiger partial charge in [-0.2, -0.15) is 0 Å². The number of rotatable bonds is 4. The number of tetrazole rings is 1. The lowest BCUT2D eigenvalue weighted by atomic mass is 9.98. The molecule has 1 aromatic carbocycles. The molecule has 0 radical (unpaired) electrons. The van der Waals surface area contributed by atoms with Crippen LogP contribution in [0.1, 0.15) is 33.6 Å². The van der Waals surface area contributed by atoms with Crippen molar-refractivity contribution < 1.29 is 14.3 Å². The van der Waals surface area contributed by atoms with Crippen molar-refractivity contribution in [1.29, 1.82) is 0 Å². The SMILES string of the molecule is CN(CC1CCCN(C(=O)Nc2cccc(-c3nnnn3C)c2)C1)C(=O)OC(C)(C)C. The van der Waals surface area contributed by atoms with Gasteiger partial charge in [-0.25, -0.2) is 14.3 Å². The van der Waals surface area contributed by atoms with Crippen LogP contribution in [0.5, 0.6) is 0 Å². The molecule has 0 aliphatic carbocycles. The van der Waals surface area contributed by atoms with Gasteiger partial charge in [0, 0.05) is 45.0 Å². The highest BCUT2D eigenvalue weighted by Crippen LogP contribution is 2.22. The van der Waals surface area contributed by atoms with Crippen molar-refractivity contribution in [2.24, 2.45) is 13.0 Å². The predicted molar refractivity (Wildman–Crippen MR) is 116 cm³/mol. The van der Waals surface area contributed by atoms with E-state index in [1.807, 2.05) is 45.0 Å². The van der Waals surface area contributed by atoms with Gasteiger partial charge < -0.3 is 19.9 Å². The molecule has 1 aliphatic heterocycles. The van der Waals surface area contributed by atoms with Gasteiger partial charge in [0.1, 0.15) is 5.60 Å². The Morgan fingerprint density at radius 1 is 1.32 bits per heavy atom. The van der Waals surface area contributed by atoms with Gasteiger partial charge in [-0.3, -0.25) is 0 Å². The van der Waals surface area contributed by atoms with E-state index in [-0.39, 0.29) is 18.0 Å². The molecule has 0 bridgehead atoms. The fraction of sp³-hybridized carbons (Fsp3) is 0.571. The van der Waals surface area contributed by atoms with Crippen molar-refractivity contribution >= 4 is 17.8 Å². The minimum atomic E-state index is -0.528. The predicted octanol–water partition coefficient (Wildman–Crippen LogP) is 2.99. The number of nitrogens with one attached hydrogen (secondary N) is 1. The number of piperidine rings is 1. The Bertz CT molecular complexity index is 922. The summed E-state index contributed by atoms with van der Waals surface area (Å²) in [4.78, 5) is 28.5. The zero-order chi connectivity index (χ0) is 22.6. The maximum Gasteiger partial charge on any atom is 0.410 e. The average molecular weight is 430 g/mol. The first-order valence-electron chi connectivity index (χ1n) is 10.5. The molecular weight excluding hydrogens is 398 g/mol. The standard InChI is InChI=1S/C21H31N7O3/c1-21(2,3)31-20(30)26(4)13-15-8-7-11-28(14-15)19(29)22-17-10-6-9-16(12-17)18-23-24-25-27(18)5/h6,9-10,12,15H,7-8,11,13-14H2,1-5H3,(H,22,29). The third kappa shape index (κ3) is 6.16. The molecule has 1 aliphatic rings. The molecular formula is C21H31N7O3. The van der Waals surface area contributed by atoms with E-state index in [2.05, 4.69) is 20.8 Å². The lowest BCUT2D eigenvalue weighted by molar-refractivity contribution is 0.0253. The Morgan fingerprint density at radius 3 is 2.77 bits per heavy atom. The van der Waals surface area contributed by atoms with E-state index in [0.717, 1.165) is 18.4 Å². The monoisotopic (exact) mass is 429 g/mol. The molecule has 1 N–H and O–H groups in total. The van der Waals surface area contributed by atoms with Crippen molar-refractivity contribution in [2.45, 2.75) is 39.2 Å². The fourth-order valence-corrected chi connectivity index (χ4v) is 3.61. The first-order valence-corrected chi connectivity index (χ1v) is 10.5. The van der Waals surface area contributed by atoms with E-state index in [1.165, 1.54) is 0 Å². The van der Waals surface area contributed by atoms with Crippen LogP contribution in [0.3, 0.4) is 0 Å². The van der Waals surface area contributed by atoms with Gasteiger partial charge in [0.15, 0.2) is 5.82 Å². The van der Waals surface area contributed by atoms with Gasteiger partial charge >= 0.3 is 12.1 Å². The van der Waals surface area contributed by atoms with E-state index >= 15 is 0 Å². The Balaban J connectivity index is 1.58. The molecule has 1 atom stereocenters. The average Bonchev–Trinajstić information content (AvgIpc) is 3.13. The first kappa shape index (κ1) is 22.5. The number of hydrogen-bond donors (Lipinski definition) is 1. The van der Waals surface area contributed by atoms with Crippen molar-refractivity contribution in [3.63, 3.8) is 0 Å². The summed E-state index contributed by atoms with van der Waals surface area (Å²) in [5.41, 5.74) is 0.971. The second-order valence-corrected chi connectivity index (χ2v) is 8.95. The Morgan fingerprint density at radius 2 is 2.10 bits per heavy atom. The van der Waals surface area contributed by atoms with Crippen LogP contribution in [0.4, 0.5) is 15.3 Å². The van der Waals surface area contributed by atoms with Crippen molar-refractivity contribution in [3.05, 3.63) is 24.3 Å². The Hall–Kier alpha value is -3.17. The lowest BCUT2D eigenvalue weighted by Gasteiger charge is -2.35. The van der Waals surface area contributed by atoms with E-state index in [0.29, 0.717) is 31.1 Å². The normalized spacial score (nSPS) is 16.7. The zero-order valence-corrected chi connectivity index (χ0v) is 18.8. The summed E-state index contributed by atoms with van der Waals surface area (Å²) in [5.74, 6) is 0.826. The molecule has 0 saturated carbocycles. The third-order valence-electron chi connectivity index (χ3n) is 5.04. The Labute approximate surface area is 182 Å². The number of aryl methyl sites for hydroxylation is 1. The maximum atomic E-state index is 12.8. The van der Waals surface area contributed by atoms with E-state index in [1.54, 1.807) is 28.6 Å². The maximum absolute atomic E-state index is 12.8. The second kappa shape index (κ2) is 9.32. The fourth-order valence-electron chi connectivity index (χ4n) is 3.61. The number of urea groups is 1. The van der Waals surface area contributed by atoms with Crippen LogP contribution < -0.4 is 5.32 Å². The van der Waals surface area contributed by atoms with Gasteiger partial charge in [0.25, 0.3) is 0 Å². The zero-order valence-electron chi connectivity index (χ0n) is 18.8. The molecule has 3 amide bonds. The van der Waals surface area contributed by atoms with Crippen molar-refractivity contribution in [2.75, 3.05) is 32.0 Å². The van der Waals surface area contributed by atoms with E-state index in [9.17, 15) is 9.59 Å². The Kier molecular flexibility index (Phi) is 6.77. The summed E-state index contributed by atoms with van der Waals surface area (Å²) in [6.45, 7) is 7.37. The third-order valence-corrected chi connectivity index (χ3v) is 5.04. The number of hydrogen-bond acceptors (Lipinski definition) is 6. The molecule has 10 heteroatoms. The largest absolute Gasteiger partial charge is 0.444 e. The molecule has 0 spiro atoms. The lowest BCUT2D eigenvalue weighted by Crippen LogP contribution is -2.46. The molecule has 10 nitrogen and oxygen atoms in total. The van der Waals surface area contributed by atoms with Crippen molar-refractivity contribution in [1.82, 2.24) is 30.0 Å². The van der Waals surface area contributed by atoms with Crippen LogP contribution in [0, 0.1) is 5.92 Å². The van der Waals surface area contributed by atoms with Gasteiger partial charge in [0.2, 0.25) is 0 Å². The summed E-state index contributed by atoms with van der Waals surface area (Å²) in [7, 11) is 3.50. The number of carbonyl (C=O) groups excluding carboxylic acids is 2. The topological polar surface area (TPSA) is 105 Å². The number of amides is 3. The molecule has 3 rings (SSSR count). The highest BCUT2D eigenvalue weighted by atomic mass is 16.6. The van der Waals surface area contributed by atoms with Crippen molar-refractivity contribution in [3.8, 4) is 11.4 Å². The number of ether oxygens (including phenoxy) is 1. The minimum absolute atomic E-state index is 0.155. The molecule has 2 heterocycles. The molecule has 1 saturated heterocycles. The van der Waals surface area contributed by atoms with E-state index in [4.69, 9.17) is 4.74 Å². The van der Waals surface area contributed by atoms with Crippen LogP contribution in [0.2, 0.25) is 0 Å². The van der Waals surface area contributed by atoms with Crippen LogP contribution in [0.25, 0.3) is 11.4 Å². The summed E-state index contributed by atoms with van der Waals surface area (Å²) in [6, 6.07) is 7.28. The van der Waals surface area contributed by atoms with E-state index < -0.39 is 5.60 Å². The summed E-state index contributed by atoms with van der Waals surface area (Å²) in [6.07, 6.45) is 1.51. The smallest absolute Gasteiger partial charge is 0.410 e. The van der Waals surface area contributed by atoms with Crippen LogP contribution in [0.15, 0.2) is 24.3 Å². The van der Waals surface area contributed by atoms with Gasteiger partial charge in [-0.05, 0) is 62.1 Å². The molecule has 1 aromatic heterocycles. The summed E-state index contributed by atoms with van der Waals surface area (Å²) < 4.78 is 7.00. The van der Waals surface area contributed by atoms with Crippen LogP contribution >= 0.6 is 0 Å². The van der Waals surface area contributed by atoms with Gasteiger partial charge in [-0.1, -0.05) is 12.1 Å². The number of nitrogens with zero attached hydrogens (tertiary/aromatic N) is 6. The second-order valence-electron chi connectivity index (χ2n) is 8.95. The molecule has 31 heavy (non-hydrogen) atoms. The first-order chi connectivity index (χ1) is 14.6. The number of benzene rings is 1. The summed E-state index contributed by atoms with van der Waals surface area (Å²) >= 11 is 0. The summed E-state index contributed by atoms with van der Waals surface area (Å²) in [5, 5.41) is 14.5. The highest BCUT2D eigenvalue weighted by Gasteiger charge is 2.27. The highest BCUT2D eigenvalue weighted by molar-refractivity contribution is 5.90.